The number of hydrogen-bond donors (Lipinski definition) is 2. The van der Waals surface area contributed by atoms with Crippen molar-refractivity contribution in [1.29, 1.82) is 0 Å². The highest BCUT2D eigenvalue weighted by Crippen LogP contribution is 2.21. The van der Waals surface area contributed by atoms with Gasteiger partial charge in [-0.15, -0.1) is 11.3 Å². The Morgan fingerprint density at radius 2 is 2.26 bits per heavy atom. The highest BCUT2D eigenvalue weighted by atomic mass is 32.2. The molecule has 0 aliphatic rings. The molecule has 120 valence electrons. The lowest BCUT2D eigenvalue weighted by atomic mass is 10.2. The molecule has 0 atom stereocenters. The van der Waals surface area contributed by atoms with E-state index in [4.69, 9.17) is 4.74 Å². The van der Waals surface area contributed by atoms with E-state index in [-0.39, 0.29) is 5.91 Å². The number of ether oxygens (including phenoxy) is 1. The summed E-state index contributed by atoms with van der Waals surface area (Å²) in [7, 11) is 1.63. The summed E-state index contributed by atoms with van der Waals surface area (Å²) in [6.07, 6.45) is 0. The molecular formula is C17H18N2O2S2. The quantitative estimate of drug-likeness (QED) is 0.638. The Balaban J connectivity index is 1.49. The molecule has 2 heterocycles. The average Bonchev–Trinajstić information content (AvgIpc) is 3.22. The van der Waals surface area contributed by atoms with Crippen molar-refractivity contribution in [3.8, 4) is 5.75 Å². The van der Waals surface area contributed by atoms with E-state index < -0.39 is 0 Å². The Hall–Kier alpha value is -1.92. The molecule has 0 radical (unpaired) electrons. The number of carbonyl (C=O) groups is 1. The molecule has 6 heteroatoms. The number of rotatable bonds is 7. The van der Waals surface area contributed by atoms with Crippen molar-refractivity contribution in [3.05, 3.63) is 52.3 Å². The maximum atomic E-state index is 12.2. The Morgan fingerprint density at radius 3 is 3.04 bits per heavy atom. The molecule has 0 spiro atoms. The van der Waals surface area contributed by atoms with Gasteiger partial charge in [-0.3, -0.25) is 4.79 Å². The number of carbonyl (C=O) groups excluding carboxylic acids is 1. The number of nitrogens with one attached hydrogen (secondary N) is 2. The first-order valence-corrected chi connectivity index (χ1v) is 9.35. The molecule has 0 aliphatic carbocycles. The number of fused-ring (bicyclic) bond motifs is 1. The first-order chi connectivity index (χ1) is 11.3. The van der Waals surface area contributed by atoms with Crippen molar-refractivity contribution >= 4 is 39.9 Å². The van der Waals surface area contributed by atoms with Crippen LogP contribution in [-0.4, -0.2) is 30.3 Å². The van der Waals surface area contributed by atoms with Gasteiger partial charge in [-0.2, -0.15) is 11.8 Å². The minimum Gasteiger partial charge on any atom is -0.497 e. The van der Waals surface area contributed by atoms with E-state index in [1.165, 1.54) is 4.88 Å². The van der Waals surface area contributed by atoms with Crippen LogP contribution in [0.2, 0.25) is 0 Å². The summed E-state index contributed by atoms with van der Waals surface area (Å²) < 4.78 is 5.19. The number of thiophene rings is 1. The number of benzene rings is 1. The summed E-state index contributed by atoms with van der Waals surface area (Å²) in [6.45, 7) is 0.660. The van der Waals surface area contributed by atoms with Crippen LogP contribution in [0.3, 0.4) is 0 Å². The molecule has 23 heavy (non-hydrogen) atoms. The zero-order valence-electron chi connectivity index (χ0n) is 12.8. The average molecular weight is 346 g/mol. The number of thioether (sulfide) groups is 1. The first-order valence-electron chi connectivity index (χ1n) is 7.31. The lowest BCUT2D eigenvalue weighted by Gasteiger charge is -2.03. The topological polar surface area (TPSA) is 54.1 Å². The van der Waals surface area contributed by atoms with Gasteiger partial charge >= 0.3 is 0 Å². The van der Waals surface area contributed by atoms with Crippen LogP contribution in [0.25, 0.3) is 10.9 Å². The highest BCUT2D eigenvalue weighted by Gasteiger charge is 2.09. The monoisotopic (exact) mass is 346 g/mol. The van der Waals surface area contributed by atoms with Crippen molar-refractivity contribution in [1.82, 2.24) is 10.3 Å². The molecule has 2 aromatic heterocycles. The van der Waals surface area contributed by atoms with Gasteiger partial charge in [-0.25, -0.2) is 0 Å². The lowest BCUT2D eigenvalue weighted by molar-refractivity contribution is 0.0952. The number of methoxy groups -OCH3 is 1. The molecule has 0 saturated carbocycles. The SMILES string of the molecule is COc1ccc2cc(C(=O)NCCSCc3cccs3)[nH]c2c1. The van der Waals surface area contributed by atoms with Crippen molar-refractivity contribution in [3.63, 3.8) is 0 Å². The summed E-state index contributed by atoms with van der Waals surface area (Å²) in [5.74, 6) is 2.60. The predicted molar refractivity (Wildman–Crippen MR) is 97.7 cm³/mol. The van der Waals surface area contributed by atoms with E-state index in [0.29, 0.717) is 12.2 Å². The molecular weight excluding hydrogens is 328 g/mol. The van der Waals surface area contributed by atoms with Crippen molar-refractivity contribution in [2.75, 3.05) is 19.4 Å². The molecule has 3 rings (SSSR count). The molecule has 2 N–H and O–H groups in total. The predicted octanol–water partition coefficient (Wildman–Crippen LogP) is 3.90. The third-order valence-electron chi connectivity index (χ3n) is 3.43. The summed E-state index contributed by atoms with van der Waals surface area (Å²) in [5, 5.41) is 6.04. The van der Waals surface area contributed by atoms with Gasteiger partial charge in [0.1, 0.15) is 11.4 Å². The fourth-order valence-electron chi connectivity index (χ4n) is 2.25. The Kier molecular flexibility index (Phi) is 5.25. The van der Waals surface area contributed by atoms with E-state index in [1.54, 1.807) is 18.4 Å². The number of aromatic amines is 1. The van der Waals surface area contributed by atoms with Crippen LogP contribution in [0.15, 0.2) is 41.8 Å². The Labute approximate surface area is 143 Å². The summed E-state index contributed by atoms with van der Waals surface area (Å²) in [4.78, 5) is 16.7. The lowest BCUT2D eigenvalue weighted by Crippen LogP contribution is -2.25. The number of aromatic nitrogens is 1. The van der Waals surface area contributed by atoms with Crippen LogP contribution in [0.4, 0.5) is 0 Å². The summed E-state index contributed by atoms with van der Waals surface area (Å²) in [5.41, 5.74) is 1.48. The van der Waals surface area contributed by atoms with Crippen LogP contribution in [0.5, 0.6) is 5.75 Å². The third-order valence-corrected chi connectivity index (χ3v) is 5.50. The standard InChI is InChI=1S/C17H18N2O2S2/c1-21-13-5-4-12-9-16(19-15(12)10-13)17(20)18-6-8-22-11-14-3-2-7-23-14/h2-5,7,9-10,19H,6,8,11H2,1H3,(H,18,20). The molecule has 3 aromatic rings. The Morgan fingerprint density at radius 1 is 1.35 bits per heavy atom. The zero-order valence-corrected chi connectivity index (χ0v) is 14.4. The van der Waals surface area contributed by atoms with Crippen molar-refractivity contribution in [2.45, 2.75) is 5.75 Å². The number of hydrogen-bond acceptors (Lipinski definition) is 4. The smallest absolute Gasteiger partial charge is 0.267 e. The van der Waals surface area contributed by atoms with Crippen LogP contribution in [0.1, 0.15) is 15.4 Å². The third kappa shape index (κ3) is 4.09. The van der Waals surface area contributed by atoms with Gasteiger partial charge < -0.3 is 15.0 Å². The minimum absolute atomic E-state index is 0.0723. The molecule has 0 bridgehead atoms. The van der Waals surface area contributed by atoms with Crippen LogP contribution >= 0.6 is 23.1 Å². The van der Waals surface area contributed by atoms with E-state index in [9.17, 15) is 4.79 Å². The number of H-pyrrole nitrogens is 1. The summed E-state index contributed by atoms with van der Waals surface area (Å²) >= 11 is 3.59. The molecule has 0 saturated heterocycles. The Bertz CT molecular complexity index is 781. The van der Waals surface area contributed by atoms with Gasteiger partial charge in [0, 0.05) is 39.9 Å². The molecule has 0 aliphatic heterocycles. The van der Waals surface area contributed by atoms with Gasteiger partial charge in [0.15, 0.2) is 0 Å². The van der Waals surface area contributed by atoms with Gasteiger partial charge in [0.05, 0.1) is 7.11 Å². The maximum absolute atomic E-state index is 12.2. The van der Waals surface area contributed by atoms with E-state index >= 15 is 0 Å². The highest BCUT2D eigenvalue weighted by molar-refractivity contribution is 7.98. The molecule has 4 nitrogen and oxygen atoms in total. The van der Waals surface area contributed by atoms with Gasteiger partial charge in [-0.1, -0.05) is 6.07 Å². The fourth-order valence-corrected chi connectivity index (χ4v) is 3.95. The van der Waals surface area contributed by atoms with Crippen LogP contribution in [0, 0.1) is 0 Å². The van der Waals surface area contributed by atoms with E-state index in [2.05, 4.69) is 27.8 Å². The second-order valence-corrected chi connectivity index (χ2v) is 7.16. The summed E-state index contributed by atoms with van der Waals surface area (Å²) in [6, 6.07) is 11.8. The largest absolute Gasteiger partial charge is 0.497 e. The van der Waals surface area contributed by atoms with E-state index in [0.717, 1.165) is 28.2 Å². The minimum atomic E-state index is -0.0723. The second-order valence-electron chi connectivity index (χ2n) is 5.02. The zero-order chi connectivity index (χ0) is 16.1. The van der Waals surface area contributed by atoms with Crippen LogP contribution < -0.4 is 10.1 Å². The van der Waals surface area contributed by atoms with Gasteiger partial charge in [0.2, 0.25) is 0 Å². The molecule has 1 aromatic carbocycles. The molecule has 0 unspecified atom stereocenters. The molecule has 0 fully saturated rings. The van der Waals surface area contributed by atoms with Crippen molar-refractivity contribution in [2.24, 2.45) is 0 Å². The van der Waals surface area contributed by atoms with Crippen molar-refractivity contribution < 1.29 is 9.53 Å². The second kappa shape index (κ2) is 7.57. The van der Waals surface area contributed by atoms with Gasteiger partial charge in [0.25, 0.3) is 5.91 Å². The van der Waals surface area contributed by atoms with Crippen LogP contribution in [-0.2, 0) is 5.75 Å². The maximum Gasteiger partial charge on any atom is 0.267 e. The van der Waals surface area contributed by atoms with E-state index in [1.807, 2.05) is 36.0 Å². The number of amides is 1. The first kappa shape index (κ1) is 16.0. The van der Waals surface area contributed by atoms with Gasteiger partial charge in [-0.05, 0) is 29.6 Å². The molecule has 1 amide bonds. The normalized spacial score (nSPS) is 10.8. The fraction of sp³-hybridized carbons (Fsp3) is 0.235.